The highest BCUT2D eigenvalue weighted by Crippen LogP contribution is 2.21. The molecule has 7 heteroatoms. The van der Waals surface area contributed by atoms with Gasteiger partial charge in [-0.1, -0.05) is 0 Å². The highest BCUT2D eigenvalue weighted by atomic mass is 19.1. The van der Waals surface area contributed by atoms with E-state index in [9.17, 15) is 19.3 Å². The Hall–Kier alpha value is -2.02. The molecule has 108 valence electrons. The fourth-order valence-corrected chi connectivity index (χ4v) is 2.28. The number of rotatable bonds is 4. The number of hydrogen-bond acceptors (Lipinski definition) is 4. The van der Waals surface area contributed by atoms with Crippen molar-refractivity contribution in [1.29, 1.82) is 0 Å². The molecular formula is C13H16FN3O3. The first-order valence-corrected chi connectivity index (χ1v) is 6.51. The maximum absolute atomic E-state index is 13.6. The maximum atomic E-state index is 13.6. The molecule has 1 amide bonds. The quantitative estimate of drug-likeness (QED) is 0.653. The molecule has 0 saturated carbocycles. The van der Waals surface area contributed by atoms with Crippen molar-refractivity contribution >= 4 is 17.3 Å². The first kappa shape index (κ1) is 14.4. The fraction of sp³-hybridized carbons (Fsp3) is 0.462. The molecule has 6 nitrogen and oxygen atoms in total. The minimum Gasteiger partial charge on any atom is -0.324 e. The van der Waals surface area contributed by atoms with Crippen molar-refractivity contribution in [3.63, 3.8) is 0 Å². The van der Waals surface area contributed by atoms with E-state index in [1.54, 1.807) is 0 Å². The minimum absolute atomic E-state index is 0.0237. The smallest absolute Gasteiger partial charge is 0.272 e. The van der Waals surface area contributed by atoms with Gasteiger partial charge in [0.2, 0.25) is 5.91 Å². The van der Waals surface area contributed by atoms with Gasteiger partial charge in [0.25, 0.3) is 5.69 Å². The number of nitro benzene ring substituents is 1. The zero-order valence-electron chi connectivity index (χ0n) is 10.9. The maximum Gasteiger partial charge on any atom is 0.272 e. The summed E-state index contributed by atoms with van der Waals surface area (Å²) < 4.78 is 13.6. The van der Waals surface area contributed by atoms with Crippen LogP contribution in [0.25, 0.3) is 0 Å². The summed E-state index contributed by atoms with van der Waals surface area (Å²) in [6.45, 7) is 1.76. The number of non-ortho nitro benzene ring substituents is 1. The van der Waals surface area contributed by atoms with E-state index < -0.39 is 10.7 Å². The number of halogens is 1. The first-order valence-electron chi connectivity index (χ1n) is 6.51. The van der Waals surface area contributed by atoms with E-state index in [0.29, 0.717) is 6.42 Å². The Morgan fingerprint density at radius 2 is 2.35 bits per heavy atom. The van der Waals surface area contributed by atoms with Crippen molar-refractivity contribution < 1.29 is 14.1 Å². The average molecular weight is 281 g/mol. The molecule has 20 heavy (non-hydrogen) atoms. The molecule has 0 radical (unpaired) electrons. The average Bonchev–Trinajstić information content (AvgIpc) is 2.42. The van der Waals surface area contributed by atoms with Gasteiger partial charge in [0.1, 0.15) is 0 Å². The molecule has 1 aromatic carbocycles. The number of hydrogen-bond donors (Lipinski definition) is 2. The molecule has 0 spiro atoms. The van der Waals surface area contributed by atoms with Gasteiger partial charge in [0.05, 0.1) is 16.7 Å². The van der Waals surface area contributed by atoms with E-state index in [1.807, 2.05) is 0 Å². The molecule has 1 saturated heterocycles. The third kappa shape index (κ3) is 3.74. The summed E-state index contributed by atoms with van der Waals surface area (Å²) in [5.74, 6) is -0.814. The SMILES string of the molecule is O=C(CC1CCCNC1)Nc1ccc([N+](=O)[O-])cc1F. The fourth-order valence-electron chi connectivity index (χ4n) is 2.28. The van der Waals surface area contributed by atoms with Gasteiger partial charge in [-0.25, -0.2) is 4.39 Å². The number of carbonyl (C=O) groups excluding carboxylic acids is 1. The molecule has 2 rings (SSSR count). The second kappa shape index (κ2) is 6.42. The molecule has 1 atom stereocenters. The third-order valence-corrected chi connectivity index (χ3v) is 3.31. The van der Waals surface area contributed by atoms with Crippen LogP contribution in [0.4, 0.5) is 15.8 Å². The van der Waals surface area contributed by atoms with Crippen LogP contribution in [-0.4, -0.2) is 23.9 Å². The summed E-state index contributed by atoms with van der Waals surface area (Å²) in [5, 5.41) is 16.2. The second-order valence-corrected chi connectivity index (χ2v) is 4.89. The van der Waals surface area contributed by atoms with E-state index >= 15 is 0 Å². The third-order valence-electron chi connectivity index (χ3n) is 3.31. The number of carbonyl (C=O) groups is 1. The van der Waals surface area contributed by atoms with Crippen LogP contribution in [0.15, 0.2) is 18.2 Å². The Labute approximate surface area is 115 Å². The summed E-state index contributed by atoms with van der Waals surface area (Å²) in [7, 11) is 0. The minimum atomic E-state index is -0.797. The van der Waals surface area contributed by atoms with Crippen LogP contribution in [0.5, 0.6) is 0 Å². The number of anilines is 1. The van der Waals surface area contributed by atoms with Crippen molar-refractivity contribution in [3.05, 3.63) is 34.1 Å². The van der Waals surface area contributed by atoms with E-state index in [2.05, 4.69) is 10.6 Å². The summed E-state index contributed by atoms with van der Waals surface area (Å²) in [4.78, 5) is 21.6. The second-order valence-electron chi connectivity index (χ2n) is 4.89. The van der Waals surface area contributed by atoms with E-state index in [-0.39, 0.29) is 23.2 Å². The van der Waals surface area contributed by atoms with E-state index in [4.69, 9.17) is 0 Å². The summed E-state index contributed by atoms with van der Waals surface area (Å²) in [6, 6.07) is 3.18. The van der Waals surface area contributed by atoms with Crippen molar-refractivity contribution in [2.75, 3.05) is 18.4 Å². The largest absolute Gasteiger partial charge is 0.324 e. The zero-order valence-corrected chi connectivity index (χ0v) is 10.9. The zero-order chi connectivity index (χ0) is 14.5. The molecule has 1 aliphatic heterocycles. The lowest BCUT2D eigenvalue weighted by molar-refractivity contribution is -0.385. The monoisotopic (exact) mass is 281 g/mol. The van der Waals surface area contributed by atoms with Gasteiger partial charge in [-0.05, 0) is 37.9 Å². The molecule has 1 aliphatic rings. The Morgan fingerprint density at radius 1 is 1.55 bits per heavy atom. The lowest BCUT2D eigenvalue weighted by atomic mass is 9.96. The van der Waals surface area contributed by atoms with Gasteiger partial charge >= 0.3 is 0 Å². The van der Waals surface area contributed by atoms with Gasteiger partial charge < -0.3 is 10.6 Å². The molecule has 1 heterocycles. The number of nitrogens with zero attached hydrogens (tertiary/aromatic N) is 1. The summed E-state index contributed by atoms with van der Waals surface area (Å²) in [6.07, 6.45) is 2.33. The molecular weight excluding hydrogens is 265 g/mol. The Kier molecular flexibility index (Phi) is 4.62. The van der Waals surface area contributed by atoms with E-state index in [0.717, 1.165) is 32.0 Å². The van der Waals surface area contributed by atoms with Crippen molar-refractivity contribution in [2.45, 2.75) is 19.3 Å². The number of amides is 1. The van der Waals surface area contributed by atoms with Gasteiger partial charge in [-0.2, -0.15) is 0 Å². The molecule has 1 fully saturated rings. The number of benzene rings is 1. The van der Waals surface area contributed by atoms with Crippen molar-refractivity contribution in [1.82, 2.24) is 5.32 Å². The highest BCUT2D eigenvalue weighted by Gasteiger charge is 2.18. The van der Waals surface area contributed by atoms with Crippen LogP contribution in [0.2, 0.25) is 0 Å². The van der Waals surface area contributed by atoms with Crippen LogP contribution >= 0.6 is 0 Å². The lowest BCUT2D eigenvalue weighted by Crippen LogP contribution is -2.32. The highest BCUT2D eigenvalue weighted by molar-refractivity contribution is 5.91. The Balaban J connectivity index is 1.95. The predicted octanol–water partition coefficient (Wildman–Crippen LogP) is 2.06. The van der Waals surface area contributed by atoms with Crippen LogP contribution in [-0.2, 0) is 4.79 Å². The van der Waals surface area contributed by atoms with Crippen LogP contribution < -0.4 is 10.6 Å². The Bertz CT molecular complexity index is 516. The number of piperidine rings is 1. The summed E-state index contributed by atoms with van der Waals surface area (Å²) in [5.41, 5.74) is -0.360. The topological polar surface area (TPSA) is 84.3 Å². The van der Waals surface area contributed by atoms with E-state index in [1.165, 1.54) is 12.1 Å². The van der Waals surface area contributed by atoms with Crippen molar-refractivity contribution in [3.8, 4) is 0 Å². The normalized spacial score (nSPS) is 18.6. The summed E-state index contributed by atoms with van der Waals surface area (Å²) >= 11 is 0. The van der Waals surface area contributed by atoms with Crippen LogP contribution in [0.3, 0.4) is 0 Å². The van der Waals surface area contributed by atoms with Gasteiger partial charge in [-0.3, -0.25) is 14.9 Å². The number of nitro groups is 1. The van der Waals surface area contributed by atoms with Gasteiger partial charge in [0.15, 0.2) is 5.82 Å². The molecule has 0 aromatic heterocycles. The van der Waals surface area contributed by atoms with Crippen LogP contribution in [0.1, 0.15) is 19.3 Å². The molecule has 1 aromatic rings. The Morgan fingerprint density at radius 3 is 2.95 bits per heavy atom. The predicted molar refractivity (Wildman–Crippen MR) is 71.9 cm³/mol. The lowest BCUT2D eigenvalue weighted by Gasteiger charge is -2.22. The standard InChI is InChI=1S/C13H16FN3O3/c14-11-7-10(17(19)20)3-4-12(11)16-13(18)6-9-2-1-5-15-8-9/h3-4,7,9,15H,1-2,5-6,8H2,(H,16,18). The van der Waals surface area contributed by atoms with Crippen molar-refractivity contribution in [2.24, 2.45) is 5.92 Å². The molecule has 0 aliphatic carbocycles. The first-order chi connectivity index (χ1) is 9.56. The molecule has 2 N–H and O–H groups in total. The van der Waals surface area contributed by atoms with Gasteiger partial charge in [-0.15, -0.1) is 0 Å². The molecule has 0 bridgehead atoms. The van der Waals surface area contributed by atoms with Gasteiger partial charge in [0, 0.05) is 12.5 Å². The molecule has 1 unspecified atom stereocenters. The number of nitrogens with one attached hydrogen (secondary N) is 2. The van der Waals surface area contributed by atoms with Crippen LogP contribution in [0, 0.1) is 21.8 Å².